The van der Waals surface area contributed by atoms with Gasteiger partial charge < -0.3 is 19.5 Å². The number of benzene rings is 1. The van der Waals surface area contributed by atoms with E-state index in [1.54, 1.807) is 23.3 Å². The third-order valence-corrected chi connectivity index (χ3v) is 7.04. The van der Waals surface area contributed by atoms with Gasteiger partial charge in [-0.3, -0.25) is 9.69 Å². The molecule has 0 atom stereocenters. The van der Waals surface area contributed by atoms with Gasteiger partial charge in [-0.15, -0.1) is 4.40 Å². The van der Waals surface area contributed by atoms with Gasteiger partial charge in [0.15, 0.2) is 5.84 Å². The van der Waals surface area contributed by atoms with Crippen LogP contribution in [-0.2, 0) is 26.1 Å². The van der Waals surface area contributed by atoms with Crippen LogP contribution in [0.4, 0.5) is 5.69 Å². The third kappa shape index (κ3) is 4.34. The van der Waals surface area contributed by atoms with Crippen molar-refractivity contribution < 1.29 is 17.9 Å². The molecule has 0 aliphatic carbocycles. The number of amidine groups is 1. The average molecular weight is 456 g/mol. The number of nitrogens with zero attached hydrogens (tertiary/aromatic N) is 4. The van der Waals surface area contributed by atoms with Crippen molar-refractivity contribution in [2.45, 2.75) is 6.54 Å². The maximum Gasteiger partial charge on any atom is 0.259 e. The summed E-state index contributed by atoms with van der Waals surface area (Å²) >= 11 is 0. The maximum atomic E-state index is 12.9. The molecule has 1 amide bonds. The van der Waals surface area contributed by atoms with Crippen LogP contribution in [0.2, 0.25) is 0 Å². The number of carbonyl (C=O) groups excluding carboxylic acids is 1. The van der Waals surface area contributed by atoms with Crippen LogP contribution in [0.5, 0.6) is 0 Å². The molecular formula is C22H25N5O4S. The van der Waals surface area contributed by atoms with E-state index in [1.807, 2.05) is 24.3 Å². The predicted octanol–water partition coefficient (Wildman–Crippen LogP) is 1.41. The van der Waals surface area contributed by atoms with E-state index in [4.69, 9.17) is 4.74 Å². The van der Waals surface area contributed by atoms with Crippen LogP contribution < -0.4 is 5.32 Å². The third-order valence-electron chi connectivity index (χ3n) is 5.89. The number of carbonyl (C=O) groups is 1. The molecule has 3 aliphatic heterocycles. The first-order valence-electron chi connectivity index (χ1n) is 10.7. The fraction of sp³-hybridized carbons (Fsp3) is 0.364. The molecule has 0 bridgehead atoms. The summed E-state index contributed by atoms with van der Waals surface area (Å²) < 4.78 is 35.3. The lowest BCUT2D eigenvalue weighted by molar-refractivity contribution is -0.112. The number of ether oxygens (including phenoxy) is 1. The molecule has 1 aromatic heterocycles. The largest absolute Gasteiger partial charge is 0.379 e. The lowest BCUT2D eigenvalue weighted by Crippen LogP contribution is -2.40. The Labute approximate surface area is 186 Å². The van der Waals surface area contributed by atoms with Gasteiger partial charge in [-0.1, -0.05) is 0 Å². The zero-order valence-electron chi connectivity index (χ0n) is 17.6. The van der Waals surface area contributed by atoms with Crippen molar-refractivity contribution in [1.82, 2.24) is 14.4 Å². The van der Waals surface area contributed by atoms with Gasteiger partial charge in [-0.05, 0) is 36.4 Å². The van der Waals surface area contributed by atoms with Crippen LogP contribution in [-0.4, -0.2) is 79.7 Å². The Morgan fingerprint density at radius 2 is 1.97 bits per heavy atom. The number of allylic oxidation sites excluding steroid dienone is 2. The minimum absolute atomic E-state index is 0.0606. The van der Waals surface area contributed by atoms with Gasteiger partial charge in [0.2, 0.25) is 0 Å². The summed E-state index contributed by atoms with van der Waals surface area (Å²) in [7, 11) is -3.55. The second-order valence-corrected chi connectivity index (χ2v) is 9.76. The highest BCUT2D eigenvalue weighted by Crippen LogP contribution is 2.23. The molecule has 1 fully saturated rings. The van der Waals surface area contributed by atoms with Crippen molar-refractivity contribution in [2.75, 3.05) is 50.5 Å². The number of hydrogen-bond donors (Lipinski definition) is 1. The van der Waals surface area contributed by atoms with E-state index in [-0.39, 0.29) is 29.6 Å². The second kappa shape index (κ2) is 8.53. The highest BCUT2D eigenvalue weighted by molar-refractivity contribution is 7.90. The first-order valence-corrected chi connectivity index (χ1v) is 12.3. The number of amides is 1. The topological polar surface area (TPSA) is 96.2 Å². The van der Waals surface area contributed by atoms with Crippen molar-refractivity contribution in [1.29, 1.82) is 0 Å². The number of rotatable bonds is 5. The molecule has 2 aromatic rings. The van der Waals surface area contributed by atoms with Gasteiger partial charge in [-0.25, -0.2) is 8.42 Å². The van der Waals surface area contributed by atoms with E-state index in [0.29, 0.717) is 5.69 Å². The van der Waals surface area contributed by atoms with Crippen LogP contribution in [0, 0.1) is 0 Å². The molecule has 1 aromatic carbocycles. The van der Waals surface area contributed by atoms with E-state index < -0.39 is 10.0 Å². The summed E-state index contributed by atoms with van der Waals surface area (Å²) in [5.41, 5.74) is 1.98. The zero-order valence-corrected chi connectivity index (χ0v) is 18.4. The molecule has 1 N–H and O–H groups in total. The quantitative estimate of drug-likeness (QED) is 0.733. The zero-order chi connectivity index (χ0) is 22.1. The predicted molar refractivity (Wildman–Crippen MR) is 123 cm³/mol. The van der Waals surface area contributed by atoms with Gasteiger partial charge >= 0.3 is 0 Å². The van der Waals surface area contributed by atoms with Gasteiger partial charge in [0.05, 0.1) is 24.5 Å². The summed E-state index contributed by atoms with van der Waals surface area (Å²) in [6, 6.07) is 7.82. The normalized spacial score (nSPS) is 20.6. The number of anilines is 1. The van der Waals surface area contributed by atoms with Gasteiger partial charge in [0.1, 0.15) is 0 Å². The molecule has 0 unspecified atom stereocenters. The Balaban J connectivity index is 1.30. The molecule has 10 heteroatoms. The summed E-state index contributed by atoms with van der Waals surface area (Å²) in [6.45, 7) is 5.64. The van der Waals surface area contributed by atoms with Crippen molar-refractivity contribution >= 4 is 38.4 Å². The number of aromatic nitrogens is 1. The van der Waals surface area contributed by atoms with E-state index >= 15 is 0 Å². The summed E-state index contributed by atoms with van der Waals surface area (Å²) in [5.74, 6) is -0.275. The molecule has 0 radical (unpaired) electrons. The van der Waals surface area contributed by atoms with Crippen LogP contribution in [0.15, 0.2) is 58.8 Å². The Bertz CT molecular complexity index is 1240. The van der Waals surface area contributed by atoms with Crippen LogP contribution >= 0.6 is 0 Å². The van der Waals surface area contributed by atoms with Crippen molar-refractivity contribution in [3.63, 3.8) is 0 Å². The molecule has 4 heterocycles. The Morgan fingerprint density at radius 3 is 2.81 bits per heavy atom. The summed E-state index contributed by atoms with van der Waals surface area (Å²) in [6.07, 6.45) is 7.11. The molecule has 0 saturated carbocycles. The van der Waals surface area contributed by atoms with E-state index in [1.165, 1.54) is 0 Å². The molecule has 0 spiro atoms. The lowest BCUT2D eigenvalue weighted by Gasteiger charge is -2.28. The fourth-order valence-electron chi connectivity index (χ4n) is 4.14. The molecule has 5 rings (SSSR count). The standard InChI is InChI=1S/C22H25N5O4S/c28-22(19-2-1-6-27-12-15-32(29,30)24-21(19)27)23-18-3-4-20-17(16-18)5-7-26(20)9-8-25-10-13-31-14-11-25/h1-7,16H,8-15H2,(H,23,28). The Hall–Kier alpha value is -2.95. The van der Waals surface area contributed by atoms with Crippen molar-refractivity contribution in [3.8, 4) is 0 Å². The van der Waals surface area contributed by atoms with Crippen LogP contribution in [0.1, 0.15) is 0 Å². The first kappa shape index (κ1) is 20.9. The smallest absolute Gasteiger partial charge is 0.259 e. The van der Waals surface area contributed by atoms with E-state index in [9.17, 15) is 13.2 Å². The molecule has 168 valence electrons. The van der Waals surface area contributed by atoms with E-state index in [2.05, 4.69) is 25.4 Å². The van der Waals surface area contributed by atoms with Crippen LogP contribution in [0.25, 0.3) is 10.9 Å². The lowest BCUT2D eigenvalue weighted by atomic mass is 10.1. The maximum absolute atomic E-state index is 12.9. The SMILES string of the molecule is O=C(Nc1ccc2c(ccn2CCN2CCOCC2)c1)C1=CC=CN2CCS(=O)(=O)N=C12. The number of nitrogens with one attached hydrogen (secondary N) is 1. The summed E-state index contributed by atoms with van der Waals surface area (Å²) in [5, 5.41) is 3.91. The van der Waals surface area contributed by atoms with Gasteiger partial charge in [0, 0.05) is 61.7 Å². The average Bonchev–Trinajstić information content (AvgIpc) is 3.19. The molecular weight excluding hydrogens is 430 g/mol. The van der Waals surface area contributed by atoms with Crippen LogP contribution in [0.3, 0.4) is 0 Å². The van der Waals surface area contributed by atoms with E-state index in [0.717, 1.165) is 50.3 Å². The molecule has 32 heavy (non-hydrogen) atoms. The number of morpholine rings is 1. The molecule has 1 saturated heterocycles. The van der Waals surface area contributed by atoms with Crippen molar-refractivity contribution in [2.24, 2.45) is 4.40 Å². The van der Waals surface area contributed by atoms with Crippen molar-refractivity contribution in [3.05, 3.63) is 54.4 Å². The van der Waals surface area contributed by atoms with Gasteiger partial charge in [0.25, 0.3) is 15.9 Å². The highest BCUT2D eigenvalue weighted by atomic mass is 32.2. The fourth-order valence-corrected chi connectivity index (χ4v) is 5.12. The Kier molecular flexibility index (Phi) is 5.58. The molecule has 3 aliphatic rings. The first-order chi connectivity index (χ1) is 15.5. The highest BCUT2D eigenvalue weighted by Gasteiger charge is 2.30. The minimum atomic E-state index is -3.55. The number of hydrogen-bond acceptors (Lipinski definition) is 6. The number of sulfonamides is 1. The number of fused-ring (bicyclic) bond motifs is 2. The van der Waals surface area contributed by atoms with Gasteiger partial charge in [-0.2, -0.15) is 0 Å². The summed E-state index contributed by atoms with van der Waals surface area (Å²) in [4.78, 5) is 17.0. The second-order valence-electron chi connectivity index (χ2n) is 8.01. The molecule has 9 nitrogen and oxygen atoms in total. The minimum Gasteiger partial charge on any atom is -0.379 e. The monoisotopic (exact) mass is 455 g/mol. The Morgan fingerprint density at radius 1 is 1.12 bits per heavy atom.